The molecule has 5 rings (SSSR count). The summed E-state index contributed by atoms with van der Waals surface area (Å²) in [5.74, 6) is -0.492. The van der Waals surface area contributed by atoms with Crippen molar-refractivity contribution < 1.29 is 18.0 Å². The highest BCUT2D eigenvalue weighted by Gasteiger charge is 2.30. The molecule has 0 aliphatic heterocycles. The third-order valence-corrected chi connectivity index (χ3v) is 5.18. The quantitative estimate of drug-likeness (QED) is 0.365. The molecule has 0 radical (unpaired) electrons. The maximum atomic E-state index is 12.9. The molecule has 0 aliphatic rings. The van der Waals surface area contributed by atoms with Gasteiger partial charge in [-0.25, -0.2) is 9.97 Å². The number of hydrogen-bond acceptors (Lipinski definition) is 3. The van der Waals surface area contributed by atoms with Gasteiger partial charge in [0.25, 0.3) is 5.91 Å². The fraction of sp³-hybridized carbons (Fsp3) is 0.0417. The minimum atomic E-state index is -4.48. The van der Waals surface area contributed by atoms with E-state index in [1.54, 1.807) is 24.4 Å². The number of rotatable bonds is 3. The van der Waals surface area contributed by atoms with Gasteiger partial charge in [0.2, 0.25) is 0 Å². The van der Waals surface area contributed by atoms with E-state index >= 15 is 0 Å². The highest BCUT2D eigenvalue weighted by molar-refractivity contribution is 6.07. The number of benzene rings is 3. The second-order valence-corrected chi connectivity index (χ2v) is 7.28. The van der Waals surface area contributed by atoms with E-state index in [1.807, 2.05) is 24.3 Å². The van der Waals surface area contributed by atoms with Crippen LogP contribution in [-0.2, 0) is 6.18 Å². The molecule has 5 nitrogen and oxygen atoms in total. The third kappa shape index (κ3) is 3.66. The Morgan fingerprint density at radius 2 is 1.72 bits per heavy atom. The van der Waals surface area contributed by atoms with Crippen LogP contribution in [0.4, 0.5) is 18.9 Å². The number of nitrogens with one attached hydrogen (secondary N) is 2. The molecule has 0 fully saturated rings. The van der Waals surface area contributed by atoms with Crippen LogP contribution in [0.5, 0.6) is 0 Å². The molecule has 0 saturated carbocycles. The van der Waals surface area contributed by atoms with Crippen LogP contribution in [0.25, 0.3) is 33.1 Å². The molecular formula is C24H15F3N4O. The van der Waals surface area contributed by atoms with Gasteiger partial charge in [-0.05, 0) is 47.5 Å². The number of amides is 1. The second kappa shape index (κ2) is 7.49. The highest BCUT2D eigenvalue weighted by Crippen LogP contribution is 2.31. The molecular weight excluding hydrogens is 417 g/mol. The number of aromatic amines is 1. The van der Waals surface area contributed by atoms with Crippen molar-refractivity contribution in [1.29, 1.82) is 0 Å². The summed E-state index contributed by atoms with van der Waals surface area (Å²) in [6, 6.07) is 17.3. The second-order valence-electron chi connectivity index (χ2n) is 7.28. The number of halogens is 3. The lowest BCUT2D eigenvalue weighted by molar-refractivity contribution is -0.137. The smallest absolute Gasteiger partial charge is 0.339 e. The molecule has 0 atom stereocenters. The van der Waals surface area contributed by atoms with Gasteiger partial charge in [-0.2, -0.15) is 13.2 Å². The summed E-state index contributed by atoms with van der Waals surface area (Å²) in [5.41, 5.74) is 2.90. The van der Waals surface area contributed by atoms with Crippen molar-refractivity contribution in [3.05, 3.63) is 90.4 Å². The minimum absolute atomic E-state index is 0.0795. The summed E-state index contributed by atoms with van der Waals surface area (Å²) < 4.78 is 38.8. The Balaban J connectivity index is 1.44. The first kappa shape index (κ1) is 19.7. The van der Waals surface area contributed by atoms with Gasteiger partial charge in [-0.15, -0.1) is 0 Å². The summed E-state index contributed by atoms with van der Waals surface area (Å²) in [5, 5.41) is 4.44. The number of nitrogens with zero attached hydrogens (tertiary/aromatic N) is 2. The van der Waals surface area contributed by atoms with Crippen LogP contribution in [0, 0.1) is 0 Å². The molecule has 0 unspecified atom stereocenters. The Morgan fingerprint density at radius 3 is 2.56 bits per heavy atom. The van der Waals surface area contributed by atoms with Crippen molar-refractivity contribution in [2.45, 2.75) is 6.18 Å². The van der Waals surface area contributed by atoms with E-state index in [9.17, 15) is 18.0 Å². The number of H-pyrrole nitrogens is 1. The van der Waals surface area contributed by atoms with Crippen LogP contribution in [0.2, 0.25) is 0 Å². The van der Waals surface area contributed by atoms with Crippen LogP contribution < -0.4 is 5.32 Å². The molecule has 0 saturated heterocycles. The zero-order valence-electron chi connectivity index (χ0n) is 16.4. The zero-order chi connectivity index (χ0) is 22.3. The third-order valence-electron chi connectivity index (χ3n) is 5.18. The predicted molar refractivity (Wildman–Crippen MR) is 116 cm³/mol. The number of aromatic nitrogens is 3. The fourth-order valence-electron chi connectivity index (χ4n) is 3.63. The van der Waals surface area contributed by atoms with Gasteiger partial charge in [-0.1, -0.05) is 30.3 Å². The fourth-order valence-corrected chi connectivity index (χ4v) is 3.63. The van der Waals surface area contributed by atoms with E-state index in [-0.39, 0.29) is 5.69 Å². The molecule has 0 bridgehead atoms. The molecule has 2 heterocycles. The molecule has 3 aromatic carbocycles. The summed E-state index contributed by atoms with van der Waals surface area (Å²) in [6.45, 7) is 0. The number of anilines is 1. The van der Waals surface area contributed by atoms with Crippen LogP contribution in [-0.4, -0.2) is 20.9 Å². The van der Waals surface area contributed by atoms with Crippen LogP contribution in [0.1, 0.15) is 15.9 Å². The summed E-state index contributed by atoms with van der Waals surface area (Å²) in [4.78, 5) is 24.2. The van der Waals surface area contributed by atoms with Gasteiger partial charge in [-0.3, -0.25) is 4.79 Å². The summed E-state index contributed by atoms with van der Waals surface area (Å²) >= 11 is 0. The van der Waals surface area contributed by atoms with Crippen molar-refractivity contribution in [3.63, 3.8) is 0 Å². The van der Waals surface area contributed by atoms with Crippen LogP contribution in [0.3, 0.4) is 0 Å². The lowest BCUT2D eigenvalue weighted by atomic mass is 10.0. The average molecular weight is 432 g/mol. The van der Waals surface area contributed by atoms with Gasteiger partial charge in [0, 0.05) is 33.7 Å². The van der Waals surface area contributed by atoms with E-state index in [0.29, 0.717) is 5.56 Å². The van der Waals surface area contributed by atoms with Gasteiger partial charge in [0.05, 0.1) is 5.56 Å². The molecule has 158 valence electrons. The number of alkyl halides is 3. The van der Waals surface area contributed by atoms with E-state index < -0.39 is 17.6 Å². The molecule has 32 heavy (non-hydrogen) atoms. The molecule has 2 aromatic heterocycles. The minimum Gasteiger partial charge on any atom is -0.339 e. The monoisotopic (exact) mass is 432 g/mol. The molecule has 0 aliphatic carbocycles. The molecule has 1 amide bonds. The lowest BCUT2D eigenvalue weighted by Crippen LogP contribution is -2.13. The maximum absolute atomic E-state index is 12.9. The lowest BCUT2D eigenvalue weighted by Gasteiger charge is -2.10. The number of carbonyl (C=O) groups is 1. The first-order valence-corrected chi connectivity index (χ1v) is 9.69. The Labute approximate surface area is 179 Å². The van der Waals surface area contributed by atoms with Crippen molar-refractivity contribution in [2.24, 2.45) is 0 Å². The first-order chi connectivity index (χ1) is 15.4. The van der Waals surface area contributed by atoms with Gasteiger partial charge < -0.3 is 10.3 Å². The van der Waals surface area contributed by atoms with Gasteiger partial charge >= 0.3 is 6.18 Å². The van der Waals surface area contributed by atoms with Crippen LogP contribution >= 0.6 is 0 Å². The zero-order valence-corrected chi connectivity index (χ0v) is 16.4. The SMILES string of the molecule is O=C(Nc1cccc(C(F)(F)F)c1)c1cccc(-c2ccc3c(c2)[nH]c2ncncc23)c1. The largest absolute Gasteiger partial charge is 0.416 e. The van der Waals surface area contributed by atoms with E-state index in [1.165, 1.54) is 18.5 Å². The van der Waals surface area contributed by atoms with Crippen molar-refractivity contribution in [3.8, 4) is 11.1 Å². The molecule has 8 heteroatoms. The first-order valence-electron chi connectivity index (χ1n) is 9.69. The summed E-state index contributed by atoms with van der Waals surface area (Å²) in [6.07, 6.45) is -1.25. The standard InChI is InChI=1S/C24H15F3N4O/c25-24(26,27)17-5-2-6-18(11-17)30-23(32)16-4-1-3-14(9-16)15-7-8-19-20-12-28-13-29-22(20)31-21(19)10-15/h1-13H,(H,30,32)(H,28,29,31). The molecule has 2 N–H and O–H groups in total. The van der Waals surface area contributed by atoms with Gasteiger partial charge in [0.15, 0.2) is 0 Å². The van der Waals surface area contributed by atoms with Crippen molar-refractivity contribution in [2.75, 3.05) is 5.32 Å². The predicted octanol–water partition coefficient (Wildman–Crippen LogP) is 6.05. The topological polar surface area (TPSA) is 70.7 Å². The van der Waals surface area contributed by atoms with E-state index in [2.05, 4.69) is 20.3 Å². The van der Waals surface area contributed by atoms with E-state index in [0.717, 1.165) is 45.2 Å². The number of hydrogen-bond donors (Lipinski definition) is 2. The maximum Gasteiger partial charge on any atom is 0.416 e. The number of carbonyl (C=O) groups excluding carboxylic acids is 1. The van der Waals surface area contributed by atoms with Crippen molar-refractivity contribution >= 4 is 33.5 Å². The Bertz CT molecular complexity index is 1470. The summed E-state index contributed by atoms with van der Waals surface area (Å²) in [7, 11) is 0. The van der Waals surface area contributed by atoms with Crippen LogP contribution in [0.15, 0.2) is 79.3 Å². The normalized spacial score (nSPS) is 11.7. The highest BCUT2D eigenvalue weighted by atomic mass is 19.4. The Hall–Kier alpha value is -4.20. The Morgan fingerprint density at radius 1 is 0.906 bits per heavy atom. The Kier molecular flexibility index (Phi) is 4.62. The number of fused-ring (bicyclic) bond motifs is 3. The van der Waals surface area contributed by atoms with Gasteiger partial charge in [0.1, 0.15) is 12.0 Å². The van der Waals surface area contributed by atoms with Crippen molar-refractivity contribution in [1.82, 2.24) is 15.0 Å². The molecule has 0 spiro atoms. The average Bonchev–Trinajstić information content (AvgIpc) is 3.16. The van der Waals surface area contributed by atoms with E-state index in [4.69, 9.17) is 0 Å². The molecule has 5 aromatic rings.